The van der Waals surface area contributed by atoms with Crippen molar-refractivity contribution in [2.75, 3.05) is 26.2 Å². The van der Waals surface area contributed by atoms with Crippen LogP contribution in [0, 0.1) is 17.8 Å². The van der Waals surface area contributed by atoms with E-state index in [-0.39, 0.29) is 0 Å². The molecule has 3 aliphatic rings. The maximum atomic E-state index is 11.9. The van der Waals surface area contributed by atoms with Gasteiger partial charge in [0.25, 0.3) is 0 Å². The standard InChI is InChI=1S/C15H26N2O/c18-15(14-10-12-9-13(12)11-14)16-5-4-8-17-6-2-1-3-7-17/h12-14H,1-11H2,(H,16,18). The Bertz CT molecular complexity index is 289. The van der Waals surface area contributed by atoms with Gasteiger partial charge in [-0.3, -0.25) is 4.79 Å². The quantitative estimate of drug-likeness (QED) is 0.757. The van der Waals surface area contributed by atoms with Gasteiger partial charge in [-0.15, -0.1) is 0 Å². The van der Waals surface area contributed by atoms with E-state index in [4.69, 9.17) is 0 Å². The first-order valence-corrected chi connectivity index (χ1v) is 7.83. The summed E-state index contributed by atoms with van der Waals surface area (Å²) in [6.07, 6.45) is 8.97. The number of nitrogens with zero attached hydrogens (tertiary/aromatic N) is 1. The van der Waals surface area contributed by atoms with Crippen LogP contribution >= 0.6 is 0 Å². The van der Waals surface area contributed by atoms with Crippen molar-refractivity contribution >= 4 is 5.91 Å². The summed E-state index contributed by atoms with van der Waals surface area (Å²) in [7, 11) is 0. The van der Waals surface area contributed by atoms with Crippen molar-refractivity contribution in [3.63, 3.8) is 0 Å². The number of likely N-dealkylation sites (tertiary alicyclic amines) is 1. The van der Waals surface area contributed by atoms with Crippen molar-refractivity contribution in [1.82, 2.24) is 10.2 Å². The van der Waals surface area contributed by atoms with Crippen molar-refractivity contribution in [3.05, 3.63) is 0 Å². The smallest absolute Gasteiger partial charge is 0.223 e. The van der Waals surface area contributed by atoms with Gasteiger partial charge in [-0.2, -0.15) is 0 Å². The number of amides is 1. The van der Waals surface area contributed by atoms with Gasteiger partial charge in [0.15, 0.2) is 0 Å². The zero-order valence-corrected chi connectivity index (χ0v) is 11.4. The number of carbonyl (C=O) groups is 1. The average molecular weight is 250 g/mol. The zero-order valence-electron chi connectivity index (χ0n) is 11.4. The summed E-state index contributed by atoms with van der Waals surface area (Å²) in [5.41, 5.74) is 0. The first-order valence-electron chi connectivity index (χ1n) is 7.83. The summed E-state index contributed by atoms with van der Waals surface area (Å²) in [5, 5.41) is 3.14. The molecule has 3 rings (SSSR count). The van der Waals surface area contributed by atoms with Crippen molar-refractivity contribution < 1.29 is 4.79 Å². The average Bonchev–Trinajstić information content (AvgIpc) is 3.02. The Morgan fingerprint density at radius 3 is 2.50 bits per heavy atom. The fourth-order valence-corrected chi connectivity index (χ4v) is 3.77. The first kappa shape index (κ1) is 12.5. The molecule has 18 heavy (non-hydrogen) atoms. The Kier molecular flexibility index (Phi) is 3.88. The molecule has 0 aromatic rings. The molecule has 3 nitrogen and oxygen atoms in total. The molecule has 3 heteroatoms. The highest BCUT2D eigenvalue weighted by Crippen LogP contribution is 2.54. The molecule has 1 aliphatic heterocycles. The van der Waals surface area contributed by atoms with Gasteiger partial charge < -0.3 is 10.2 Å². The van der Waals surface area contributed by atoms with Gasteiger partial charge in [0.2, 0.25) is 5.91 Å². The monoisotopic (exact) mass is 250 g/mol. The molecule has 1 heterocycles. The van der Waals surface area contributed by atoms with E-state index < -0.39 is 0 Å². The van der Waals surface area contributed by atoms with Crippen LogP contribution in [0.25, 0.3) is 0 Å². The lowest BCUT2D eigenvalue weighted by Crippen LogP contribution is -2.35. The second kappa shape index (κ2) is 5.60. The third kappa shape index (κ3) is 3.05. The molecule has 0 spiro atoms. The summed E-state index contributed by atoms with van der Waals surface area (Å²) >= 11 is 0. The van der Waals surface area contributed by atoms with Crippen LogP contribution < -0.4 is 5.32 Å². The summed E-state index contributed by atoms with van der Waals surface area (Å²) in [6.45, 7) is 4.57. The number of nitrogens with one attached hydrogen (secondary N) is 1. The van der Waals surface area contributed by atoms with Crippen LogP contribution in [0.5, 0.6) is 0 Å². The largest absolute Gasteiger partial charge is 0.356 e. The van der Waals surface area contributed by atoms with E-state index in [9.17, 15) is 4.79 Å². The molecule has 2 atom stereocenters. The molecular weight excluding hydrogens is 224 g/mol. The third-order valence-electron chi connectivity index (χ3n) is 5.01. The molecule has 2 saturated carbocycles. The zero-order chi connectivity index (χ0) is 12.4. The van der Waals surface area contributed by atoms with E-state index in [0.717, 1.165) is 31.3 Å². The molecule has 3 fully saturated rings. The predicted molar refractivity (Wildman–Crippen MR) is 72.2 cm³/mol. The second-order valence-corrected chi connectivity index (χ2v) is 6.47. The molecule has 1 saturated heterocycles. The van der Waals surface area contributed by atoms with Crippen LogP contribution in [0.3, 0.4) is 0 Å². The van der Waals surface area contributed by atoms with E-state index in [1.54, 1.807) is 0 Å². The van der Waals surface area contributed by atoms with E-state index >= 15 is 0 Å². The van der Waals surface area contributed by atoms with Gasteiger partial charge in [0, 0.05) is 12.5 Å². The van der Waals surface area contributed by atoms with Gasteiger partial charge in [0.05, 0.1) is 0 Å². The highest BCUT2D eigenvalue weighted by molar-refractivity contribution is 5.79. The van der Waals surface area contributed by atoms with Crippen LogP contribution in [0.1, 0.15) is 44.9 Å². The first-order chi connectivity index (χ1) is 8.83. The molecular formula is C15H26N2O. The van der Waals surface area contributed by atoms with Gasteiger partial charge in [0.1, 0.15) is 0 Å². The Morgan fingerprint density at radius 1 is 1.06 bits per heavy atom. The predicted octanol–water partition coefficient (Wildman–Crippen LogP) is 2.02. The van der Waals surface area contributed by atoms with Crippen molar-refractivity contribution in [3.8, 4) is 0 Å². The fourth-order valence-electron chi connectivity index (χ4n) is 3.77. The number of rotatable bonds is 5. The SMILES string of the molecule is O=C(NCCCN1CCCCC1)C1CC2CC2C1. The summed E-state index contributed by atoms with van der Waals surface area (Å²) in [5.74, 6) is 2.51. The van der Waals surface area contributed by atoms with Crippen molar-refractivity contribution in [2.45, 2.75) is 44.9 Å². The fraction of sp³-hybridized carbons (Fsp3) is 0.933. The van der Waals surface area contributed by atoms with Gasteiger partial charge in [-0.05, 0) is 70.0 Å². The van der Waals surface area contributed by atoms with Crippen LogP contribution in [-0.2, 0) is 4.79 Å². The maximum absolute atomic E-state index is 11.9. The van der Waals surface area contributed by atoms with Crippen molar-refractivity contribution in [1.29, 1.82) is 0 Å². The second-order valence-electron chi connectivity index (χ2n) is 6.47. The topological polar surface area (TPSA) is 32.3 Å². The Hall–Kier alpha value is -0.570. The number of carbonyl (C=O) groups excluding carboxylic acids is 1. The van der Waals surface area contributed by atoms with Gasteiger partial charge in [-0.25, -0.2) is 0 Å². The Labute approximate surface area is 110 Å². The minimum absolute atomic E-state index is 0.334. The van der Waals surface area contributed by atoms with E-state index in [2.05, 4.69) is 10.2 Å². The number of hydrogen-bond donors (Lipinski definition) is 1. The Balaban J connectivity index is 1.26. The summed E-state index contributed by atoms with van der Waals surface area (Å²) < 4.78 is 0. The van der Waals surface area contributed by atoms with Crippen LogP contribution in [0.15, 0.2) is 0 Å². The summed E-state index contributed by atoms with van der Waals surface area (Å²) in [4.78, 5) is 14.5. The minimum atomic E-state index is 0.334. The highest BCUT2D eigenvalue weighted by atomic mass is 16.1. The lowest BCUT2D eigenvalue weighted by Gasteiger charge is -2.26. The molecule has 0 aromatic carbocycles. The Morgan fingerprint density at radius 2 is 1.78 bits per heavy atom. The molecule has 0 aromatic heterocycles. The summed E-state index contributed by atoms with van der Waals surface area (Å²) in [6, 6.07) is 0. The highest BCUT2D eigenvalue weighted by Gasteiger charge is 2.47. The van der Waals surface area contributed by atoms with E-state index in [0.29, 0.717) is 11.8 Å². The molecule has 1 amide bonds. The molecule has 0 bridgehead atoms. The molecule has 0 radical (unpaired) electrons. The molecule has 102 valence electrons. The van der Waals surface area contributed by atoms with E-state index in [1.807, 2.05) is 0 Å². The van der Waals surface area contributed by atoms with Gasteiger partial charge in [-0.1, -0.05) is 6.42 Å². The molecule has 2 unspecified atom stereocenters. The lowest BCUT2D eigenvalue weighted by atomic mass is 10.0. The van der Waals surface area contributed by atoms with Crippen molar-refractivity contribution in [2.24, 2.45) is 17.8 Å². The number of fused-ring (bicyclic) bond motifs is 1. The van der Waals surface area contributed by atoms with Crippen LogP contribution in [0.2, 0.25) is 0 Å². The normalized spacial score (nSPS) is 35.2. The maximum Gasteiger partial charge on any atom is 0.223 e. The minimum Gasteiger partial charge on any atom is -0.356 e. The van der Waals surface area contributed by atoms with Gasteiger partial charge >= 0.3 is 0 Å². The lowest BCUT2D eigenvalue weighted by molar-refractivity contribution is -0.125. The molecule has 2 aliphatic carbocycles. The van der Waals surface area contributed by atoms with E-state index in [1.165, 1.54) is 51.6 Å². The van der Waals surface area contributed by atoms with Crippen LogP contribution in [0.4, 0.5) is 0 Å². The number of piperidine rings is 1. The third-order valence-corrected chi connectivity index (χ3v) is 5.01. The molecule has 1 N–H and O–H groups in total. The number of hydrogen-bond acceptors (Lipinski definition) is 2. The van der Waals surface area contributed by atoms with Crippen LogP contribution in [-0.4, -0.2) is 37.0 Å².